The van der Waals surface area contributed by atoms with Crippen LogP contribution in [0.5, 0.6) is 0 Å². The fourth-order valence-electron chi connectivity index (χ4n) is 1.34. The minimum Gasteiger partial charge on any atom is -0.478 e. The molecule has 0 aliphatic carbocycles. The van der Waals surface area contributed by atoms with Gasteiger partial charge in [-0.05, 0) is 30.3 Å². The van der Waals surface area contributed by atoms with E-state index in [0.29, 0.717) is 15.7 Å². The third-order valence-electron chi connectivity index (χ3n) is 2.20. The smallest absolute Gasteiger partial charge is 0.338 e. The molecule has 2 rings (SSSR count). The first kappa shape index (κ1) is 11.6. The number of hydrogen-bond donors (Lipinski definition) is 1. The molecule has 2 aromatic heterocycles. The van der Waals surface area contributed by atoms with Gasteiger partial charge in [-0.1, -0.05) is 0 Å². The number of aromatic nitrogens is 4. The van der Waals surface area contributed by atoms with E-state index in [-0.39, 0.29) is 5.56 Å². The Labute approximate surface area is 102 Å². The van der Waals surface area contributed by atoms with Crippen LogP contribution in [0.4, 0.5) is 0 Å². The van der Waals surface area contributed by atoms with Crippen LogP contribution in [0, 0.1) is 6.92 Å². The molecule has 0 atom stereocenters. The minimum absolute atomic E-state index is 0.209. The normalized spacial score (nSPS) is 10.5. The zero-order valence-corrected chi connectivity index (χ0v) is 10.1. The number of aryl methyl sites for hydroxylation is 2. The van der Waals surface area contributed by atoms with Crippen molar-refractivity contribution in [3.05, 3.63) is 29.7 Å². The molecule has 2 heterocycles. The molecular formula is C10H10N4O2S. The monoisotopic (exact) mass is 250 g/mol. The summed E-state index contributed by atoms with van der Waals surface area (Å²) in [4.78, 5) is 19.3. The molecular weight excluding hydrogens is 240 g/mol. The Morgan fingerprint density at radius 2 is 2.24 bits per heavy atom. The maximum Gasteiger partial charge on any atom is 0.338 e. The van der Waals surface area contributed by atoms with Crippen molar-refractivity contribution >= 4 is 17.7 Å². The highest BCUT2D eigenvalue weighted by atomic mass is 32.2. The molecule has 0 aliphatic rings. The molecule has 17 heavy (non-hydrogen) atoms. The number of hydrogen-bond acceptors (Lipinski definition) is 5. The van der Waals surface area contributed by atoms with Crippen molar-refractivity contribution in [2.45, 2.75) is 17.1 Å². The average molecular weight is 250 g/mol. The Morgan fingerprint density at radius 1 is 1.47 bits per heavy atom. The van der Waals surface area contributed by atoms with Gasteiger partial charge in [0.25, 0.3) is 0 Å². The summed E-state index contributed by atoms with van der Waals surface area (Å²) >= 11 is 1.19. The van der Waals surface area contributed by atoms with Gasteiger partial charge in [0.2, 0.25) is 0 Å². The largest absolute Gasteiger partial charge is 0.478 e. The van der Waals surface area contributed by atoms with Crippen LogP contribution in [0.1, 0.15) is 15.9 Å². The van der Waals surface area contributed by atoms with E-state index in [1.54, 1.807) is 30.9 Å². The minimum atomic E-state index is -0.986. The van der Waals surface area contributed by atoms with Gasteiger partial charge in [-0.25, -0.2) is 19.4 Å². The average Bonchev–Trinajstić information content (AvgIpc) is 2.64. The van der Waals surface area contributed by atoms with Crippen LogP contribution < -0.4 is 0 Å². The van der Waals surface area contributed by atoms with Gasteiger partial charge in [0.15, 0.2) is 5.16 Å². The molecule has 0 unspecified atom stereocenters. The van der Waals surface area contributed by atoms with Crippen molar-refractivity contribution in [2.75, 3.05) is 0 Å². The van der Waals surface area contributed by atoms with Crippen molar-refractivity contribution in [2.24, 2.45) is 7.05 Å². The first-order valence-electron chi connectivity index (χ1n) is 4.80. The SMILES string of the molecule is Cc1ccnc(Sc2ncnn2C)c1C(=O)O. The molecule has 0 saturated carbocycles. The topological polar surface area (TPSA) is 80.9 Å². The van der Waals surface area contributed by atoms with Crippen LogP contribution in [-0.4, -0.2) is 30.8 Å². The summed E-state index contributed by atoms with van der Waals surface area (Å²) in [5.74, 6) is -0.986. The molecule has 0 saturated heterocycles. The summed E-state index contributed by atoms with van der Waals surface area (Å²) in [6, 6.07) is 1.67. The summed E-state index contributed by atoms with van der Waals surface area (Å²) < 4.78 is 1.57. The maximum atomic E-state index is 11.2. The molecule has 0 amide bonds. The highest BCUT2D eigenvalue weighted by Crippen LogP contribution is 2.28. The second kappa shape index (κ2) is 4.54. The molecule has 7 heteroatoms. The number of carboxylic acids is 1. The number of nitrogens with zero attached hydrogens (tertiary/aromatic N) is 4. The zero-order valence-electron chi connectivity index (χ0n) is 9.28. The van der Waals surface area contributed by atoms with Crippen molar-refractivity contribution in [1.29, 1.82) is 0 Å². The molecule has 1 N–H and O–H groups in total. The van der Waals surface area contributed by atoms with Gasteiger partial charge in [0.1, 0.15) is 11.4 Å². The summed E-state index contributed by atoms with van der Waals surface area (Å²) in [6.45, 7) is 1.74. The number of carboxylic acid groups (broad SMARTS) is 1. The molecule has 0 aromatic carbocycles. The van der Waals surface area contributed by atoms with Crippen molar-refractivity contribution in [1.82, 2.24) is 19.7 Å². The summed E-state index contributed by atoms with van der Waals surface area (Å²) in [7, 11) is 1.74. The molecule has 6 nitrogen and oxygen atoms in total. The molecule has 88 valence electrons. The predicted octanol–water partition coefficient (Wildman–Crippen LogP) is 1.37. The van der Waals surface area contributed by atoms with E-state index in [1.807, 2.05) is 0 Å². The second-order valence-electron chi connectivity index (χ2n) is 3.38. The van der Waals surface area contributed by atoms with Gasteiger partial charge < -0.3 is 5.11 Å². The first-order valence-corrected chi connectivity index (χ1v) is 5.62. The van der Waals surface area contributed by atoms with E-state index in [2.05, 4.69) is 15.1 Å². The number of aromatic carboxylic acids is 1. The van der Waals surface area contributed by atoms with Crippen LogP contribution in [0.3, 0.4) is 0 Å². The van der Waals surface area contributed by atoms with Crippen LogP contribution in [0.15, 0.2) is 28.8 Å². The van der Waals surface area contributed by atoms with Gasteiger partial charge in [0, 0.05) is 13.2 Å². The zero-order chi connectivity index (χ0) is 12.4. The molecule has 0 radical (unpaired) electrons. The highest BCUT2D eigenvalue weighted by molar-refractivity contribution is 7.99. The first-order chi connectivity index (χ1) is 8.09. The Morgan fingerprint density at radius 3 is 2.82 bits per heavy atom. The summed E-state index contributed by atoms with van der Waals surface area (Å²) in [6.07, 6.45) is 3.00. The third-order valence-corrected chi connectivity index (χ3v) is 3.25. The maximum absolute atomic E-state index is 11.2. The third kappa shape index (κ3) is 2.28. The van der Waals surface area contributed by atoms with E-state index in [0.717, 1.165) is 0 Å². The van der Waals surface area contributed by atoms with Crippen LogP contribution >= 0.6 is 11.8 Å². The molecule has 0 spiro atoms. The van der Waals surface area contributed by atoms with Crippen molar-refractivity contribution in [3.63, 3.8) is 0 Å². The van der Waals surface area contributed by atoms with Crippen molar-refractivity contribution < 1.29 is 9.90 Å². The quantitative estimate of drug-likeness (QED) is 0.886. The van der Waals surface area contributed by atoms with Crippen LogP contribution in [-0.2, 0) is 7.05 Å². The highest BCUT2D eigenvalue weighted by Gasteiger charge is 2.17. The van der Waals surface area contributed by atoms with E-state index in [9.17, 15) is 4.79 Å². The lowest BCUT2D eigenvalue weighted by atomic mass is 10.2. The Bertz CT molecular complexity index is 567. The predicted molar refractivity (Wildman–Crippen MR) is 61.1 cm³/mol. The summed E-state index contributed by atoms with van der Waals surface area (Å²) in [5.41, 5.74) is 0.887. The second-order valence-corrected chi connectivity index (χ2v) is 4.34. The van der Waals surface area contributed by atoms with Gasteiger partial charge in [-0.15, -0.1) is 0 Å². The lowest BCUT2D eigenvalue weighted by molar-refractivity contribution is 0.0691. The standard InChI is InChI=1S/C10H10N4O2S/c1-6-3-4-11-8(7(6)9(15)16)17-10-12-5-13-14(10)2/h3-5H,1-2H3,(H,15,16). The van der Waals surface area contributed by atoms with Gasteiger partial charge in [0.05, 0.1) is 5.56 Å². The summed E-state index contributed by atoms with van der Waals surface area (Å²) in [5, 5.41) is 14.1. The van der Waals surface area contributed by atoms with Gasteiger partial charge in [-0.2, -0.15) is 5.10 Å². The lowest BCUT2D eigenvalue weighted by Crippen LogP contribution is -2.04. The van der Waals surface area contributed by atoms with Crippen LogP contribution in [0.2, 0.25) is 0 Å². The molecule has 0 aliphatic heterocycles. The molecule has 0 bridgehead atoms. The van der Waals surface area contributed by atoms with Gasteiger partial charge >= 0.3 is 5.97 Å². The Hall–Kier alpha value is -1.89. The lowest BCUT2D eigenvalue weighted by Gasteiger charge is -2.06. The van der Waals surface area contributed by atoms with E-state index >= 15 is 0 Å². The van der Waals surface area contributed by atoms with Crippen LogP contribution in [0.25, 0.3) is 0 Å². The van der Waals surface area contributed by atoms with E-state index in [1.165, 1.54) is 18.1 Å². The molecule has 0 fully saturated rings. The number of carbonyl (C=O) groups is 1. The fourth-order valence-corrected chi connectivity index (χ4v) is 2.25. The van der Waals surface area contributed by atoms with Crippen molar-refractivity contribution in [3.8, 4) is 0 Å². The fraction of sp³-hybridized carbons (Fsp3) is 0.200. The van der Waals surface area contributed by atoms with E-state index in [4.69, 9.17) is 5.11 Å². The molecule has 2 aromatic rings. The number of pyridine rings is 1. The number of rotatable bonds is 3. The van der Waals surface area contributed by atoms with E-state index < -0.39 is 5.97 Å². The van der Waals surface area contributed by atoms with Gasteiger partial charge in [-0.3, -0.25) is 0 Å². The Balaban J connectivity index is 2.43. The Kier molecular flexibility index (Phi) is 3.10.